The van der Waals surface area contributed by atoms with Crippen molar-refractivity contribution in [1.82, 2.24) is 14.4 Å². The summed E-state index contributed by atoms with van der Waals surface area (Å²) < 4.78 is 2.67. The molecule has 158 valence electrons. The van der Waals surface area contributed by atoms with E-state index in [4.69, 9.17) is 0 Å². The summed E-state index contributed by atoms with van der Waals surface area (Å²) in [7, 11) is 0. The molecular weight excluding hydrogens is 378 g/mol. The van der Waals surface area contributed by atoms with Crippen molar-refractivity contribution in [3.8, 4) is 0 Å². The zero-order valence-electron chi connectivity index (χ0n) is 18.3. The van der Waals surface area contributed by atoms with Gasteiger partial charge in [0, 0.05) is 55.5 Å². The Morgan fingerprint density at radius 2 is 1.74 bits per heavy atom. The summed E-state index contributed by atoms with van der Waals surface area (Å²) in [5.74, 6) is 0.769. The number of rotatable bonds is 3. The molecule has 8 rings (SSSR count). The smallest absolute Gasteiger partial charge is 0.0508 e. The van der Waals surface area contributed by atoms with E-state index in [1.807, 2.05) is 0 Å². The Labute approximate surface area is 185 Å². The topological polar surface area (TPSA) is 11.4 Å². The van der Waals surface area contributed by atoms with Crippen LogP contribution in [0.1, 0.15) is 54.1 Å². The maximum absolute atomic E-state index is 2.74. The molecule has 0 N–H and O–H groups in total. The molecule has 0 radical (unpaired) electrons. The first-order valence-corrected chi connectivity index (χ1v) is 12.2. The van der Waals surface area contributed by atoms with Gasteiger partial charge in [0.1, 0.15) is 0 Å². The molecule has 0 spiro atoms. The zero-order chi connectivity index (χ0) is 20.4. The molecule has 5 aliphatic rings. The van der Waals surface area contributed by atoms with Gasteiger partial charge in [-0.1, -0.05) is 36.4 Å². The van der Waals surface area contributed by atoms with Gasteiger partial charge in [0.15, 0.2) is 0 Å². The van der Waals surface area contributed by atoms with E-state index in [1.165, 1.54) is 67.2 Å². The van der Waals surface area contributed by atoms with Crippen molar-refractivity contribution in [3.63, 3.8) is 0 Å². The Hall–Kier alpha value is -2.52. The lowest BCUT2D eigenvalue weighted by atomic mass is 9.81. The second-order valence-corrected chi connectivity index (χ2v) is 10.0. The Kier molecular flexibility index (Phi) is 4.08. The van der Waals surface area contributed by atoms with E-state index < -0.39 is 0 Å². The molecule has 0 amide bonds. The minimum absolute atomic E-state index is 0.574. The quantitative estimate of drug-likeness (QED) is 0.558. The van der Waals surface area contributed by atoms with Crippen LogP contribution in [0.2, 0.25) is 0 Å². The van der Waals surface area contributed by atoms with Gasteiger partial charge < -0.3 is 9.47 Å². The van der Waals surface area contributed by atoms with E-state index in [2.05, 4.69) is 69.1 Å². The largest absolute Gasteiger partial charge is 0.377 e. The molecule has 3 aromatic rings. The Morgan fingerprint density at radius 3 is 2.55 bits per heavy atom. The van der Waals surface area contributed by atoms with E-state index in [1.54, 1.807) is 16.8 Å². The van der Waals surface area contributed by atoms with Gasteiger partial charge in [0.2, 0.25) is 0 Å². The van der Waals surface area contributed by atoms with Crippen molar-refractivity contribution in [1.29, 1.82) is 0 Å². The highest BCUT2D eigenvalue weighted by atomic mass is 15.2. The Morgan fingerprint density at radius 1 is 0.871 bits per heavy atom. The third-order valence-corrected chi connectivity index (χ3v) is 8.34. The van der Waals surface area contributed by atoms with E-state index in [-0.39, 0.29) is 0 Å². The van der Waals surface area contributed by atoms with Crippen molar-refractivity contribution in [2.45, 2.75) is 51.2 Å². The average Bonchev–Trinajstić information content (AvgIpc) is 3.17. The van der Waals surface area contributed by atoms with Crippen molar-refractivity contribution in [2.75, 3.05) is 19.6 Å². The van der Waals surface area contributed by atoms with E-state index in [0.717, 1.165) is 25.6 Å². The maximum atomic E-state index is 2.74. The van der Waals surface area contributed by atoms with Crippen LogP contribution in [-0.2, 0) is 19.5 Å². The molecule has 0 unspecified atom stereocenters. The van der Waals surface area contributed by atoms with Crippen LogP contribution in [0, 0.1) is 5.92 Å². The molecule has 4 aliphatic heterocycles. The zero-order valence-corrected chi connectivity index (χ0v) is 18.3. The van der Waals surface area contributed by atoms with Crippen LogP contribution >= 0.6 is 0 Å². The summed E-state index contributed by atoms with van der Waals surface area (Å²) in [4.78, 5) is 5.27. The van der Waals surface area contributed by atoms with Gasteiger partial charge in [-0.2, -0.15) is 0 Å². The van der Waals surface area contributed by atoms with Crippen molar-refractivity contribution >= 4 is 16.5 Å². The molecule has 3 nitrogen and oxygen atoms in total. The summed E-state index contributed by atoms with van der Waals surface area (Å²) in [5.41, 5.74) is 9.26. The van der Waals surface area contributed by atoms with Crippen LogP contribution in [0.15, 0.2) is 54.7 Å². The first-order chi connectivity index (χ1) is 15.3. The number of hydrogen-bond acceptors (Lipinski definition) is 2. The van der Waals surface area contributed by atoms with Crippen LogP contribution in [0.3, 0.4) is 0 Å². The minimum atomic E-state index is 0.574. The van der Waals surface area contributed by atoms with Gasteiger partial charge in [0.25, 0.3) is 0 Å². The fraction of sp³-hybridized carbons (Fsp3) is 0.429. The van der Waals surface area contributed by atoms with Gasteiger partial charge in [0.05, 0.1) is 6.04 Å². The van der Waals surface area contributed by atoms with Crippen molar-refractivity contribution in [2.24, 2.45) is 5.92 Å². The van der Waals surface area contributed by atoms with Crippen molar-refractivity contribution in [3.05, 3.63) is 77.1 Å². The highest BCUT2D eigenvalue weighted by molar-refractivity contribution is 5.90. The molecular formula is C28H31N3. The van der Waals surface area contributed by atoms with E-state index in [0.29, 0.717) is 6.04 Å². The number of nitrogens with zero attached hydrogens (tertiary/aromatic N) is 3. The third kappa shape index (κ3) is 2.82. The lowest BCUT2D eigenvalue weighted by molar-refractivity contribution is 0.133. The molecule has 5 heterocycles. The molecule has 1 saturated heterocycles. The summed E-state index contributed by atoms with van der Waals surface area (Å²) in [5, 5.41) is 1.54. The van der Waals surface area contributed by atoms with Crippen molar-refractivity contribution < 1.29 is 0 Å². The third-order valence-electron chi connectivity index (χ3n) is 8.34. The van der Waals surface area contributed by atoms with Crippen LogP contribution in [0.25, 0.3) is 16.5 Å². The Balaban J connectivity index is 1.30. The Bertz CT molecular complexity index is 1160. The van der Waals surface area contributed by atoms with Crippen LogP contribution in [0.4, 0.5) is 0 Å². The van der Waals surface area contributed by atoms with E-state index in [9.17, 15) is 0 Å². The predicted molar refractivity (Wildman–Crippen MR) is 127 cm³/mol. The van der Waals surface area contributed by atoms with Crippen LogP contribution in [0.5, 0.6) is 0 Å². The van der Waals surface area contributed by atoms with Gasteiger partial charge in [-0.25, -0.2) is 0 Å². The molecule has 1 atom stereocenters. The highest BCUT2D eigenvalue weighted by Crippen LogP contribution is 2.45. The predicted octanol–water partition coefficient (Wildman–Crippen LogP) is 5.60. The van der Waals surface area contributed by atoms with Gasteiger partial charge in [-0.3, -0.25) is 4.90 Å². The summed E-state index contributed by atoms with van der Waals surface area (Å²) >= 11 is 0. The molecule has 1 aromatic heterocycles. The first kappa shape index (κ1) is 18.1. The lowest BCUT2D eigenvalue weighted by Crippen LogP contribution is -2.39. The lowest BCUT2D eigenvalue weighted by Gasteiger charge is -2.40. The van der Waals surface area contributed by atoms with Crippen LogP contribution < -0.4 is 0 Å². The fourth-order valence-electron chi connectivity index (χ4n) is 6.82. The molecule has 1 aliphatic carbocycles. The number of fused-ring (bicyclic) bond motifs is 5. The number of aryl methyl sites for hydroxylation is 1. The number of benzene rings is 2. The monoisotopic (exact) mass is 409 g/mol. The number of allylic oxidation sites excluding steroid dienone is 1. The summed E-state index contributed by atoms with van der Waals surface area (Å²) in [6, 6.07) is 19.0. The first-order valence-electron chi connectivity index (χ1n) is 12.2. The highest BCUT2D eigenvalue weighted by Gasteiger charge is 2.35. The minimum Gasteiger partial charge on any atom is -0.377 e. The second-order valence-electron chi connectivity index (χ2n) is 10.0. The van der Waals surface area contributed by atoms with Crippen LogP contribution in [-0.4, -0.2) is 34.0 Å². The molecule has 31 heavy (non-hydrogen) atoms. The maximum Gasteiger partial charge on any atom is 0.0508 e. The number of piperidine rings is 1. The van der Waals surface area contributed by atoms with Gasteiger partial charge in [-0.15, -0.1) is 0 Å². The second kappa shape index (κ2) is 7.00. The SMILES string of the molecule is C1=C(c2ccc3c(c2)c2c4n3CCN(Cc3ccccc3)[C@@H]4CCC2)C2CCN1CC2. The molecule has 1 fully saturated rings. The van der Waals surface area contributed by atoms with Gasteiger partial charge in [-0.05, 0) is 72.4 Å². The molecule has 0 saturated carbocycles. The average molecular weight is 410 g/mol. The summed E-state index contributed by atoms with van der Waals surface area (Å²) in [6.07, 6.45) is 8.98. The standard InChI is InChI=1S/C28H31N3/c1-2-5-20(6-3-1)18-30-15-16-31-26-10-9-22(25-19-29-13-11-21(25)12-14-29)17-24(26)23-7-4-8-27(30)28(23)31/h1-3,5-6,9-10,17,19,21,27H,4,7-8,11-16,18H2/t27-/m1/s1. The van der Waals surface area contributed by atoms with Gasteiger partial charge >= 0.3 is 0 Å². The number of hydrogen-bond donors (Lipinski definition) is 0. The fourth-order valence-corrected chi connectivity index (χ4v) is 6.82. The molecule has 2 bridgehead atoms. The normalized spacial score (nSPS) is 23.3. The molecule has 2 aromatic carbocycles. The van der Waals surface area contributed by atoms with E-state index >= 15 is 0 Å². The molecule has 3 heteroatoms. The summed E-state index contributed by atoms with van der Waals surface area (Å²) in [6.45, 7) is 5.84. The number of aromatic nitrogens is 1.